The standard InChI is InChI=1S/C30H36O5/c1-2-12-26-28(31)30(34-21-25-17-10-5-11-18-25)29(33-20-24-15-8-4-9-16-24)27(35-26)22-32-19-23-13-6-3-7-14-23/h3-11,13-18,26-31H,2,12,19-22H2,1H3/t26-,27-,28+,29+,30-/m1/s1. The summed E-state index contributed by atoms with van der Waals surface area (Å²) in [5, 5.41) is 11.3. The summed E-state index contributed by atoms with van der Waals surface area (Å²) in [6.07, 6.45) is -0.837. The van der Waals surface area contributed by atoms with Crippen molar-refractivity contribution in [2.75, 3.05) is 6.61 Å². The molecule has 4 rings (SSSR count). The second-order valence-corrected chi connectivity index (χ2v) is 9.02. The number of ether oxygens (including phenoxy) is 4. The van der Waals surface area contributed by atoms with E-state index in [1.165, 1.54) is 0 Å². The van der Waals surface area contributed by atoms with Crippen LogP contribution >= 0.6 is 0 Å². The Kier molecular flexibility index (Phi) is 9.87. The van der Waals surface area contributed by atoms with Gasteiger partial charge in [0.15, 0.2) is 0 Å². The van der Waals surface area contributed by atoms with Gasteiger partial charge >= 0.3 is 0 Å². The van der Waals surface area contributed by atoms with E-state index in [0.717, 1.165) is 29.5 Å². The Morgan fingerprint density at radius 3 is 1.66 bits per heavy atom. The minimum Gasteiger partial charge on any atom is -0.388 e. The lowest BCUT2D eigenvalue weighted by molar-refractivity contribution is -0.262. The highest BCUT2D eigenvalue weighted by molar-refractivity contribution is 5.15. The molecule has 5 atom stereocenters. The van der Waals surface area contributed by atoms with Gasteiger partial charge in [-0.25, -0.2) is 0 Å². The maximum atomic E-state index is 11.3. The predicted octanol–water partition coefficient (Wildman–Crippen LogP) is 5.30. The van der Waals surface area contributed by atoms with E-state index in [-0.39, 0.29) is 12.2 Å². The van der Waals surface area contributed by atoms with Crippen LogP contribution in [0, 0.1) is 0 Å². The zero-order valence-corrected chi connectivity index (χ0v) is 20.4. The van der Waals surface area contributed by atoms with E-state index in [1.54, 1.807) is 0 Å². The number of benzene rings is 3. The maximum absolute atomic E-state index is 11.3. The normalized spacial score (nSPS) is 24.3. The van der Waals surface area contributed by atoms with Crippen molar-refractivity contribution in [3.05, 3.63) is 108 Å². The van der Waals surface area contributed by atoms with E-state index >= 15 is 0 Å². The average Bonchev–Trinajstić information content (AvgIpc) is 2.90. The molecule has 3 aromatic rings. The first kappa shape index (κ1) is 25.5. The van der Waals surface area contributed by atoms with E-state index in [0.29, 0.717) is 26.4 Å². The van der Waals surface area contributed by atoms with Crippen LogP contribution in [0.3, 0.4) is 0 Å². The van der Waals surface area contributed by atoms with Gasteiger partial charge in [-0.2, -0.15) is 0 Å². The molecular formula is C30H36O5. The lowest BCUT2D eigenvalue weighted by Crippen LogP contribution is -2.60. The monoisotopic (exact) mass is 476 g/mol. The fourth-order valence-corrected chi connectivity index (χ4v) is 4.45. The molecule has 5 heteroatoms. The first-order valence-corrected chi connectivity index (χ1v) is 12.5. The van der Waals surface area contributed by atoms with Crippen LogP contribution in [0.1, 0.15) is 36.5 Å². The Bertz CT molecular complexity index is 966. The van der Waals surface area contributed by atoms with Crippen molar-refractivity contribution in [2.24, 2.45) is 0 Å². The highest BCUT2D eigenvalue weighted by atomic mass is 16.6. The molecule has 0 saturated carbocycles. The minimum atomic E-state index is -0.787. The van der Waals surface area contributed by atoms with E-state index in [2.05, 4.69) is 6.92 Å². The molecule has 5 nitrogen and oxygen atoms in total. The zero-order chi connectivity index (χ0) is 24.3. The summed E-state index contributed by atoms with van der Waals surface area (Å²) in [4.78, 5) is 0. The molecule has 0 aromatic heterocycles. The second kappa shape index (κ2) is 13.5. The highest BCUT2D eigenvalue weighted by Crippen LogP contribution is 2.30. The van der Waals surface area contributed by atoms with Gasteiger partial charge in [-0.1, -0.05) is 104 Å². The molecule has 0 aliphatic carbocycles. The lowest BCUT2D eigenvalue weighted by atomic mass is 9.92. The zero-order valence-electron chi connectivity index (χ0n) is 20.4. The third kappa shape index (κ3) is 7.47. The van der Waals surface area contributed by atoms with Crippen LogP contribution in [0.25, 0.3) is 0 Å². The molecule has 35 heavy (non-hydrogen) atoms. The van der Waals surface area contributed by atoms with Crippen molar-refractivity contribution in [1.82, 2.24) is 0 Å². The molecule has 186 valence electrons. The molecule has 1 fully saturated rings. The Balaban J connectivity index is 1.50. The van der Waals surface area contributed by atoms with Crippen LogP contribution in [-0.2, 0) is 38.8 Å². The molecule has 3 aromatic carbocycles. The SMILES string of the molecule is CCC[C@H]1O[C@H](COCc2ccccc2)[C@H](OCc2ccccc2)[C@H](OCc2ccccc2)[C@H]1O. The van der Waals surface area contributed by atoms with Crippen molar-refractivity contribution < 1.29 is 24.1 Å². The van der Waals surface area contributed by atoms with Gasteiger partial charge in [0.05, 0.1) is 32.5 Å². The number of aliphatic hydroxyl groups excluding tert-OH is 1. The second-order valence-electron chi connectivity index (χ2n) is 9.02. The van der Waals surface area contributed by atoms with Crippen LogP contribution < -0.4 is 0 Å². The molecule has 1 N–H and O–H groups in total. The Labute approximate surface area is 208 Å². The summed E-state index contributed by atoms with van der Waals surface area (Å²) in [5.41, 5.74) is 3.22. The molecule has 0 radical (unpaired) electrons. The molecule has 1 aliphatic rings. The fraction of sp³-hybridized carbons (Fsp3) is 0.400. The summed E-state index contributed by atoms with van der Waals surface area (Å²) >= 11 is 0. The topological polar surface area (TPSA) is 57.2 Å². The number of hydrogen-bond acceptors (Lipinski definition) is 5. The third-order valence-corrected chi connectivity index (χ3v) is 6.29. The highest BCUT2D eigenvalue weighted by Gasteiger charge is 2.46. The van der Waals surface area contributed by atoms with Crippen LogP contribution in [0.4, 0.5) is 0 Å². The molecule has 1 heterocycles. The molecule has 0 bridgehead atoms. The van der Waals surface area contributed by atoms with Crippen LogP contribution in [0.15, 0.2) is 91.0 Å². The number of aliphatic hydroxyl groups is 1. The van der Waals surface area contributed by atoms with Gasteiger partial charge in [0, 0.05) is 0 Å². The van der Waals surface area contributed by atoms with Crippen molar-refractivity contribution in [2.45, 2.75) is 70.1 Å². The van der Waals surface area contributed by atoms with E-state index < -0.39 is 18.3 Å². The lowest BCUT2D eigenvalue weighted by Gasteiger charge is -2.44. The van der Waals surface area contributed by atoms with E-state index in [9.17, 15) is 5.11 Å². The molecule has 0 amide bonds. The fourth-order valence-electron chi connectivity index (χ4n) is 4.45. The van der Waals surface area contributed by atoms with E-state index in [1.807, 2.05) is 91.0 Å². The van der Waals surface area contributed by atoms with Crippen molar-refractivity contribution in [3.63, 3.8) is 0 Å². The van der Waals surface area contributed by atoms with Crippen molar-refractivity contribution in [1.29, 1.82) is 0 Å². The van der Waals surface area contributed by atoms with Crippen molar-refractivity contribution in [3.8, 4) is 0 Å². The van der Waals surface area contributed by atoms with Gasteiger partial charge in [0.25, 0.3) is 0 Å². The molecule has 0 spiro atoms. The number of rotatable bonds is 12. The van der Waals surface area contributed by atoms with Crippen LogP contribution in [0.2, 0.25) is 0 Å². The summed E-state index contributed by atoms with van der Waals surface area (Å²) in [6.45, 7) is 3.73. The molecular weight excluding hydrogens is 440 g/mol. The Morgan fingerprint density at radius 2 is 1.14 bits per heavy atom. The summed E-state index contributed by atoms with van der Waals surface area (Å²) < 4.78 is 25.2. The van der Waals surface area contributed by atoms with Crippen molar-refractivity contribution >= 4 is 0 Å². The summed E-state index contributed by atoms with van der Waals surface area (Å²) in [5.74, 6) is 0. The maximum Gasteiger partial charge on any atom is 0.115 e. The first-order chi connectivity index (χ1) is 17.2. The minimum absolute atomic E-state index is 0.331. The molecule has 1 saturated heterocycles. The predicted molar refractivity (Wildman–Crippen MR) is 136 cm³/mol. The van der Waals surface area contributed by atoms with Gasteiger partial charge in [-0.05, 0) is 23.1 Å². The molecule has 0 unspecified atom stereocenters. The van der Waals surface area contributed by atoms with Gasteiger partial charge in [0.2, 0.25) is 0 Å². The van der Waals surface area contributed by atoms with Gasteiger partial charge in [-0.15, -0.1) is 0 Å². The summed E-state index contributed by atoms with van der Waals surface area (Å²) in [7, 11) is 0. The average molecular weight is 477 g/mol. The van der Waals surface area contributed by atoms with Gasteiger partial charge in [0.1, 0.15) is 24.4 Å². The summed E-state index contributed by atoms with van der Waals surface area (Å²) in [6, 6.07) is 30.1. The Hall–Kier alpha value is -2.54. The Morgan fingerprint density at radius 1 is 0.657 bits per heavy atom. The van der Waals surface area contributed by atoms with E-state index in [4.69, 9.17) is 18.9 Å². The quantitative estimate of drug-likeness (QED) is 0.384. The van der Waals surface area contributed by atoms with Gasteiger partial charge in [-0.3, -0.25) is 0 Å². The van der Waals surface area contributed by atoms with Crippen LogP contribution in [-0.4, -0.2) is 42.2 Å². The number of hydrogen-bond donors (Lipinski definition) is 1. The smallest absolute Gasteiger partial charge is 0.115 e. The third-order valence-electron chi connectivity index (χ3n) is 6.29. The first-order valence-electron chi connectivity index (χ1n) is 12.5. The van der Waals surface area contributed by atoms with Crippen LogP contribution in [0.5, 0.6) is 0 Å². The van der Waals surface area contributed by atoms with Gasteiger partial charge < -0.3 is 24.1 Å². The molecule has 1 aliphatic heterocycles. The largest absolute Gasteiger partial charge is 0.388 e.